The standard InChI is InChI=1S/C30H26F2N2O4/c31-28(32)20-9-6-10-21(16-20)30(37)34-14-13-22(17-23(34)15-19-7-2-1-3-8-19)33-29(36)27-18-25(35)24-11-4-5-12-26(24)38-27/h1-12,16,18,22-23,28H,13-15,17H2,(H,33,36). The van der Waals surface area contributed by atoms with Gasteiger partial charge >= 0.3 is 0 Å². The van der Waals surface area contributed by atoms with E-state index in [2.05, 4.69) is 5.32 Å². The largest absolute Gasteiger partial charge is 0.451 e. The summed E-state index contributed by atoms with van der Waals surface area (Å²) >= 11 is 0. The van der Waals surface area contributed by atoms with Crippen LogP contribution in [0, 0.1) is 0 Å². The van der Waals surface area contributed by atoms with Gasteiger partial charge in [0.15, 0.2) is 11.2 Å². The molecule has 0 bridgehead atoms. The lowest BCUT2D eigenvalue weighted by molar-refractivity contribution is 0.0568. The predicted octanol–water partition coefficient (Wildman–Crippen LogP) is 5.38. The van der Waals surface area contributed by atoms with Gasteiger partial charge in [0.05, 0.1) is 5.39 Å². The second-order valence-electron chi connectivity index (χ2n) is 9.43. The van der Waals surface area contributed by atoms with Crippen LogP contribution >= 0.6 is 0 Å². The van der Waals surface area contributed by atoms with Gasteiger partial charge in [-0.2, -0.15) is 0 Å². The van der Waals surface area contributed by atoms with E-state index < -0.39 is 12.3 Å². The first-order valence-corrected chi connectivity index (χ1v) is 12.5. The lowest BCUT2D eigenvalue weighted by Gasteiger charge is -2.40. The lowest BCUT2D eigenvalue weighted by Crippen LogP contribution is -2.52. The number of nitrogens with zero attached hydrogens (tertiary/aromatic N) is 1. The monoisotopic (exact) mass is 516 g/mol. The third-order valence-corrected chi connectivity index (χ3v) is 6.87. The summed E-state index contributed by atoms with van der Waals surface area (Å²) in [5.74, 6) is -0.893. The number of hydrogen-bond donors (Lipinski definition) is 1. The van der Waals surface area contributed by atoms with Crippen molar-refractivity contribution in [1.82, 2.24) is 10.2 Å². The Morgan fingerprint density at radius 2 is 1.74 bits per heavy atom. The van der Waals surface area contributed by atoms with Crippen molar-refractivity contribution < 1.29 is 22.8 Å². The van der Waals surface area contributed by atoms with Crippen molar-refractivity contribution in [2.75, 3.05) is 6.54 Å². The second kappa shape index (κ2) is 11.0. The van der Waals surface area contributed by atoms with Crippen LogP contribution in [0.5, 0.6) is 0 Å². The van der Waals surface area contributed by atoms with Crippen molar-refractivity contribution in [1.29, 1.82) is 0 Å². The number of halogens is 2. The van der Waals surface area contributed by atoms with E-state index in [-0.39, 0.29) is 40.3 Å². The zero-order valence-corrected chi connectivity index (χ0v) is 20.5. The Balaban J connectivity index is 1.36. The molecule has 1 aliphatic heterocycles. The molecule has 3 aromatic carbocycles. The number of fused-ring (bicyclic) bond motifs is 1. The molecule has 6 nitrogen and oxygen atoms in total. The van der Waals surface area contributed by atoms with E-state index in [4.69, 9.17) is 4.42 Å². The molecule has 1 saturated heterocycles. The molecule has 0 aliphatic carbocycles. The van der Waals surface area contributed by atoms with Crippen molar-refractivity contribution in [3.63, 3.8) is 0 Å². The van der Waals surface area contributed by atoms with Crippen LogP contribution in [0.25, 0.3) is 11.0 Å². The van der Waals surface area contributed by atoms with E-state index in [1.54, 1.807) is 35.2 Å². The number of carbonyl (C=O) groups excluding carboxylic acids is 2. The van der Waals surface area contributed by atoms with E-state index in [1.807, 2.05) is 30.3 Å². The smallest absolute Gasteiger partial charge is 0.287 e. The van der Waals surface area contributed by atoms with Crippen molar-refractivity contribution in [2.24, 2.45) is 0 Å². The topological polar surface area (TPSA) is 79.6 Å². The van der Waals surface area contributed by atoms with Crippen LogP contribution in [0.15, 0.2) is 94.1 Å². The van der Waals surface area contributed by atoms with Gasteiger partial charge in [0.25, 0.3) is 18.2 Å². The lowest BCUT2D eigenvalue weighted by atomic mass is 9.91. The van der Waals surface area contributed by atoms with E-state index in [0.717, 1.165) is 5.56 Å². The number of nitrogens with one attached hydrogen (secondary N) is 1. The Hall–Kier alpha value is -4.33. The summed E-state index contributed by atoms with van der Waals surface area (Å²) in [5, 5.41) is 3.36. The van der Waals surface area contributed by atoms with Gasteiger partial charge in [-0.05, 0) is 49.1 Å². The molecule has 0 spiro atoms. The Morgan fingerprint density at radius 1 is 0.974 bits per heavy atom. The molecule has 5 rings (SSSR count). The molecule has 8 heteroatoms. The fourth-order valence-electron chi connectivity index (χ4n) is 4.97. The highest BCUT2D eigenvalue weighted by Gasteiger charge is 2.33. The van der Waals surface area contributed by atoms with Crippen LogP contribution in [0.3, 0.4) is 0 Å². The number of alkyl halides is 2. The number of amides is 2. The predicted molar refractivity (Wildman–Crippen MR) is 139 cm³/mol. The highest BCUT2D eigenvalue weighted by molar-refractivity contribution is 5.95. The first-order valence-electron chi connectivity index (χ1n) is 12.5. The maximum atomic E-state index is 13.4. The summed E-state index contributed by atoms with van der Waals surface area (Å²) in [4.78, 5) is 40.6. The number of rotatable bonds is 6. The van der Waals surface area contributed by atoms with Crippen LogP contribution < -0.4 is 10.7 Å². The first kappa shape index (κ1) is 25.3. The van der Waals surface area contributed by atoms with Crippen LogP contribution in [0.1, 0.15) is 51.3 Å². The number of benzene rings is 3. The minimum atomic E-state index is -2.67. The van der Waals surface area contributed by atoms with Crippen molar-refractivity contribution in [3.05, 3.63) is 118 Å². The van der Waals surface area contributed by atoms with Crippen LogP contribution in [0.2, 0.25) is 0 Å². The molecule has 194 valence electrons. The molecule has 0 radical (unpaired) electrons. The summed E-state index contributed by atoms with van der Waals surface area (Å²) in [6.07, 6.45) is -1.20. The fourth-order valence-corrected chi connectivity index (χ4v) is 4.97. The molecule has 1 aromatic heterocycles. The molecule has 2 heterocycles. The fraction of sp³-hybridized carbons (Fsp3) is 0.233. The maximum Gasteiger partial charge on any atom is 0.287 e. The van der Waals surface area contributed by atoms with E-state index in [1.165, 1.54) is 24.3 Å². The number of likely N-dealkylation sites (tertiary alicyclic amines) is 1. The quantitative estimate of drug-likeness (QED) is 0.373. The van der Waals surface area contributed by atoms with Gasteiger partial charge in [0, 0.05) is 35.8 Å². The molecule has 1 N–H and O–H groups in total. The molecule has 1 aliphatic rings. The van der Waals surface area contributed by atoms with Crippen LogP contribution in [-0.2, 0) is 6.42 Å². The zero-order valence-electron chi connectivity index (χ0n) is 20.5. The summed E-state index contributed by atoms with van der Waals surface area (Å²) in [6.45, 7) is 0.335. The highest BCUT2D eigenvalue weighted by Crippen LogP contribution is 2.26. The zero-order chi connectivity index (χ0) is 26.6. The molecule has 2 unspecified atom stereocenters. The highest BCUT2D eigenvalue weighted by atomic mass is 19.3. The molecular weight excluding hydrogens is 490 g/mol. The third kappa shape index (κ3) is 5.49. The van der Waals surface area contributed by atoms with Crippen molar-refractivity contribution in [2.45, 2.75) is 37.8 Å². The minimum Gasteiger partial charge on any atom is -0.451 e. The average molecular weight is 517 g/mol. The number of hydrogen-bond acceptors (Lipinski definition) is 4. The minimum absolute atomic E-state index is 0.0735. The molecule has 38 heavy (non-hydrogen) atoms. The average Bonchev–Trinajstić information content (AvgIpc) is 2.93. The van der Waals surface area contributed by atoms with Gasteiger partial charge < -0.3 is 14.6 Å². The molecule has 0 saturated carbocycles. The molecule has 2 atom stereocenters. The Labute approximate surface area is 217 Å². The van der Waals surface area contributed by atoms with Gasteiger partial charge in [0.1, 0.15) is 5.58 Å². The third-order valence-electron chi connectivity index (χ3n) is 6.87. The van der Waals surface area contributed by atoms with Gasteiger partial charge in [-0.3, -0.25) is 14.4 Å². The molecular formula is C30H26F2N2O4. The molecule has 4 aromatic rings. The van der Waals surface area contributed by atoms with Gasteiger partial charge in [-0.25, -0.2) is 8.78 Å². The van der Waals surface area contributed by atoms with Gasteiger partial charge in [0.2, 0.25) is 0 Å². The maximum absolute atomic E-state index is 13.4. The number of carbonyl (C=O) groups is 2. The van der Waals surface area contributed by atoms with Crippen LogP contribution in [-0.4, -0.2) is 35.3 Å². The van der Waals surface area contributed by atoms with Crippen molar-refractivity contribution >= 4 is 22.8 Å². The number of para-hydroxylation sites is 1. The number of piperidine rings is 1. The van der Waals surface area contributed by atoms with E-state index in [9.17, 15) is 23.2 Å². The van der Waals surface area contributed by atoms with Gasteiger partial charge in [-0.1, -0.05) is 54.6 Å². The van der Waals surface area contributed by atoms with E-state index >= 15 is 0 Å². The Morgan fingerprint density at radius 3 is 2.53 bits per heavy atom. The summed E-state index contributed by atoms with van der Waals surface area (Å²) in [6, 6.07) is 22.6. The van der Waals surface area contributed by atoms with Gasteiger partial charge in [-0.15, -0.1) is 0 Å². The van der Waals surface area contributed by atoms with Crippen LogP contribution in [0.4, 0.5) is 8.78 Å². The second-order valence-corrected chi connectivity index (χ2v) is 9.43. The normalized spacial score (nSPS) is 17.5. The Kier molecular flexibility index (Phi) is 7.31. The first-order chi connectivity index (χ1) is 18.4. The molecule has 1 fully saturated rings. The summed E-state index contributed by atoms with van der Waals surface area (Å²) in [5.41, 5.74) is 1.06. The molecule has 2 amide bonds. The SMILES string of the molecule is O=C(NC1CCN(C(=O)c2cccc(C(F)F)c2)C(Cc2ccccc2)C1)c1cc(=O)c2ccccc2o1. The summed E-state index contributed by atoms with van der Waals surface area (Å²) in [7, 11) is 0. The van der Waals surface area contributed by atoms with Crippen molar-refractivity contribution in [3.8, 4) is 0 Å². The Bertz CT molecular complexity index is 1520. The van der Waals surface area contributed by atoms with E-state index in [0.29, 0.717) is 36.8 Å². The summed E-state index contributed by atoms with van der Waals surface area (Å²) < 4.78 is 32.2.